The van der Waals surface area contributed by atoms with Crippen LogP contribution < -0.4 is 0 Å². The summed E-state index contributed by atoms with van der Waals surface area (Å²) in [4.78, 5) is 32.9. The summed E-state index contributed by atoms with van der Waals surface area (Å²) >= 11 is 0. The van der Waals surface area contributed by atoms with Gasteiger partial charge >= 0.3 is 0 Å². The summed E-state index contributed by atoms with van der Waals surface area (Å²) in [6.07, 6.45) is 2.73. The number of amides is 2. The van der Waals surface area contributed by atoms with E-state index in [1.54, 1.807) is 9.80 Å². The van der Waals surface area contributed by atoms with E-state index in [1.165, 1.54) is 10.9 Å². The molecule has 1 atom stereocenters. The number of hydrogen-bond acceptors (Lipinski definition) is 2. The van der Waals surface area contributed by atoms with Crippen molar-refractivity contribution >= 4 is 22.7 Å². The minimum Gasteiger partial charge on any atom is -0.356 e. The molecule has 5 heteroatoms. The number of aromatic nitrogens is 1. The second-order valence-electron chi connectivity index (χ2n) is 6.97. The molecule has 0 unspecified atom stereocenters. The molecule has 2 aliphatic rings. The number of unbranched alkanes of at least 4 members (excludes halogenated alkanes) is 1. The van der Waals surface area contributed by atoms with Gasteiger partial charge in [0.05, 0.1) is 12.2 Å². The number of H-pyrrole nitrogens is 1. The lowest BCUT2D eigenvalue weighted by Crippen LogP contribution is -2.66. The zero-order valence-corrected chi connectivity index (χ0v) is 14.3. The average Bonchev–Trinajstić information content (AvgIpc) is 2.97. The van der Waals surface area contributed by atoms with Crippen LogP contribution in [0.15, 0.2) is 24.3 Å². The number of nitrogens with one attached hydrogen (secondary N) is 1. The van der Waals surface area contributed by atoms with E-state index in [0.29, 0.717) is 13.1 Å². The number of para-hydroxylation sites is 1. The van der Waals surface area contributed by atoms with Crippen LogP contribution in [0.4, 0.5) is 0 Å². The highest BCUT2D eigenvalue weighted by atomic mass is 16.2. The first-order chi connectivity index (χ1) is 11.6. The Hall–Kier alpha value is -2.30. The molecule has 0 spiro atoms. The van der Waals surface area contributed by atoms with Crippen LogP contribution in [0.2, 0.25) is 0 Å². The zero-order valence-electron chi connectivity index (χ0n) is 14.3. The highest BCUT2D eigenvalue weighted by molar-refractivity contribution is 6.00. The third kappa shape index (κ3) is 1.93. The van der Waals surface area contributed by atoms with Crippen LogP contribution >= 0.6 is 0 Å². The molecule has 0 saturated carbocycles. The van der Waals surface area contributed by atoms with E-state index in [1.807, 2.05) is 25.1 Å². The molecule has 2 aliphatic heterocycles. The van der Waals surface area contributed by atoms with Gasteiger partial charge in [-0.2, -0.15) is 0 Å². The number of carbonyl (C=O) groups is 2. The molecule has 5 nitrogen and oxygen atoms in total. The number of aromatic amines is 1. The van der Waals surface area contributed by atoms with Crippen LogP contribution in [0.5, 0.6) is 0 Å². The Morgan fingerprint density at radius 2 is 2.04 bits per heavy atom. The fourth-order valence-electron chi connectivity index (χ4n) is 4.21. The lowest BCUT2D eigenvalue weighted by molar-refractivity contribution is -0.166. The van der Waals surface area contributed by atoms with Crippen molar-refractivity contribution in [3.05, 3.63) is 35.5 Å². The van der Waals surface area contributed by atoms with Crippen molar-refractivity contribution in [1.29, 1.82) is 0 Å². The summed E-state index contributed by atoms with van der Waals surface area (Å²) in [6, 6.07) is 8.14. The Balaban J connectivity index is 1.85. The number of hydrogen-bond donors (Lipinski definition) is 1. The van der Waals surface area contributed by atoms with Crippen LogP contribution in [0.1, 0.15) is 37.9 Å². The number of nitrogens with zero attached hydrogens (tertiary/aromatic N) is 2. The predicted octanol–water partition coefficient (Wildman–Crippen LogP) is 2.41. The topological polar surface area (TPSA) is 56.4 Å². The van der Waals surface area contributed by atoms with E-state index in [9.17, 15) is 9.59 Å². The normalized spacial score (nSPS) is 23.6. The van der Waals surface area contributed by atoms with Gasteiger partial charge in [-0.25, -0.2) is 0 Å². The van der Waals surface area contributed by atoms with Gasteiger partial charge in [0.2, 0.25) is 5.91 Å². The molecule has 0 radical (unpaired) electrons. The minimum atomic E-state index is -0.907. The molecule has 3 heterocycles. The molecule has 4 rings (SSSR count). The Morgan fingerprint density at radius 1 is 1.25 bits per heavy atom. The zero-order chi connectivity index (χ0) is 16.9. The fourth-order valence-corrected chi connectivity index (χ4v) is 4.21. The molecule has 2 aromatic rings. The van der Waals surface area contributed by atoms with Gasteiger partial charge in [-0.1, -0.05) is 31.5 Å². The third-order valence-corrected chi connectivity index (χ3v) is 5.54. The lowest BCUT2D eigenvalue weighted by Gasteiger charge is -2.49. The second-order valence-corrected chi connectivity index (χ2v) is 6.97. The summed E-state index contributed by atoms with van der Waals surface area (Å²) in [5, 5.41) is 1.17. The number of fused-ring (bicyclic) bond motifs is 5. The van der Waals surface area contributed by atoms with Crippen molar-refractivity contribution in [1.82, 2.24) is 14.8 Å². The molecular weight excluding hydrogens is 302 g/mol. The maximum atomic E-state index is 13.3. The first kappa shape index (κ1) is 15.2. The van der Waals surface area contributed by atoms with Crippen molar-refractivity contribution in [2.75, 3.05) is 19.6 Å². The number of rotatable bonds is 3. The lowest BCUT2D eigenvalue weighted by atomic mass is 9.83. The Kier molecular flexibility index (Phi) is 3.41. The first-order valence-electron chi connectivity index (χ1n) is 8.77. The van der Waals surface area contributed by atoms with Gasteiger partial charge in [-0.05, 0) is 31.4 Å². The summed E-state index contributed by atoms with van der Waals surface area (Å²) in [5.74, 6) is 0.0977. The van der Waals surface area contributed by atoms with E-state index >= 15 is 0 Å². The minimum absolute atomic E-state index is 0.0445. The van der Waals surface area contributed by atoms with E-state index in [2.05, 4.69) is 18.0 Å². The fraction of sp³-hybridized carbons (Fsp3) is 0.474. The van der Waals surface area contributed by atoms with Crippen LogP contribution in [0.3, 0.4) is 0 Å². The largest absolute Gasteiger partial charge is 0.356 e. The molecule has 126 valence electrons. The molecule has 2 amide bonds. The molecule has 1 fully saturated rings. The first-order valence-corrected chi connectivity index (χ1v) is 8.77. The Labute approximate surface area is 141 Å². The molecule has 1 N–H and O–H groups in total. The molecule has 24 heavy (non-hydrogen) atoms. The smallest absolute Gasteiger partial charge is 0.254 e. The average molecular weight is 325 g/mol. The quantitative estimate of drug-likeness (QED) is 0.942. The third-order valence-electron chi connectivity index (χ3n) is 5.54. The van der Waals surface area contributed by atoms with Gasteiger partial charge in [0.25, 0.3) is 5.91 Å². The molecule has 0 aliphatic carbocycles. The highest BCUT2D eigenvalue weighted by Crippen LogP contribution is 2.41. The molecular formula is C19H23N3O2. The monoisotopic (exact) mass is 325 g/mol. The number of piperazine rings is 1. The van der Waals surface area contributed by atoms with Crippen LogP contribution in [-0.2, 0) is 21.5 Å². The van der Waals surface area contributed by atoms with Crippen molar-refractivity contribution < 1.29 is 9.59 Å². The summed E-state index contributed by atoms with van der Waals surface area (Å²) in [7, 11) is 0. The van der Waals surface area contributed by atoms with E-state index < -0.39 is 5.54 Å². The van der Waals surface area contributed by atoms with Gasteiger partial charge in [0, 0.05) is 24.0 Å². The van der Waals surface area contributed by atoms with Gasteiger partial charge in [0.15, 0.2) is 5.54 Å². The van der Waals surface area contributed by atoms with Crippen molar-refractivity contribution in [2.45, 2.75) is 38.6 Å². The Morgan fingerprint density at radius 3 is 2.83 bits per heavy atom. The second kappa shape index (κ2) is 5.36. The van der Waals surface area contributed by atoms with E-state index in [-0.39, 0.29) is 18.4 Å². The number of carbonyl (C=O) groups excluding carboxylic acids is 2. The standard InChI is InChI=1S/C19H23N3O2/c1-3-4-10-21-12-16(23)22-11-9-14-13-7-5-6-8-15(13)20-17(14)19(22,2)18(21)24/h5-8,20H,3-4,9-12H2,1-2H3/t19-/m1/s1. The van der Waals surface area contributed by atoms with Crippen LogP contribution in [0, 0.1) is 0 Å². The summed E-state index contributed by atoms with van der Waals surface area (Å²) < 4.78 is 0. The highest BCUT2D eigenvalue weighted by Gasteiger charge is 2.53. The predicted molar refractivity (Wildman–Crippen MR) is 92.6 cm³/mol. The van der Waals surface area contributed by atoms with Gasteiger partial charge in [0.1, 0.15) is 0 Å². The van der Waals surface area contributed by atoms with Crippen LogP contribution in [0.25, 0.3) is 10.9 Å². The number of benzene rings is 1. The van der Waals surface area contributed by atoms with Gasteiger partial charge in [-0.3, -0.25) is 9.59 Å². The molecule has 1 saturated heterocycles. The maximum Gasteiger partial charge on any atom is 0.254 e. The van der Waals surface area contributed by atoms with Crippen LogP contribution in [-0.4, -0.2) is 46.2 Å². The van der Waals surface area contributed by atoms with E-state index in [4.69, 9.17) is 0 Å². The summed E-state index contributed by atoms with van der Waals surface area (Å²) in [6.45, 7) is 5.47. The van der Waals surface area contributed by atoms with Gasteiger partial charge in [-0.15, -0.1) is 0 Å². The molecule has 1 aromatic carbocycles. The summed E-state index contributed by atoms with van der Waals surface area (Å²) in [5.41, 5.74) is 2.21. The SMILES string of the molecule is CCCCN1CC(=O)N2CCc3c([nH]c4ccccc34)[C@]2(C)C1=O. The molecule has 0 bridgehead atoms. The Bertz CT molecular complexity index is 825. The van der Waals surface area contributed by atoms with Crippen molar-refractivity contribution in [3.63, 3.8) is 0 Å². The van der Waals surface area contributed by atoms with Crippen molar-refractivity contribution in [3.8, 4) is 0 Å². The van der Waals surface area contributed by atoms with Gasteiger partial charge < -0.3 is 14.8 Å². The van der Waals surface area contributed by atoms with Crippen molar-refractivity contribution in [2.24, 2.45) is 0 Å². The maximum absolute atomic E-state index is 13.3. The molecule has 1 aromatic heterocycles. The van der Waals surface area contributed by atoms with E-state index in [0.717, 1.165) is 30.5 Å².